The quantitative estimate of drug-likeness (QED) is 0.277. The van der Waals surface area contributed by atoms with Crippen LogP contribution in [0.5, 0.6) is 5.75 Å². The van der Waals surface area contributed by atoms with E-state index >= 15 is 0 Å². The van der Waals surface area contributed by atoms with Crippen molar-refractivity contribution in [2.45, 2.75) is 66.2 Å². The highest BCUT2D eigenvalue weighted by atomic mass is 16.5. The van der Waals surface area contributed by atoms with E-state index in [-0.39, 0.29) is 24.7 Å². The number of nitrogens with one attached hydrogen (secondary N) is 2. The molecule has 2 aromatic carbocycles. The van der Waals surface area contributed by atoms with Gasteiger partial charge in [0.25, 0.3) is 0 Å². The average molecular weight is 501 g/mol. The van der Waals surface area contributed by atoms with Crippen molar-refractivity contribution in [1.82, 2.24) is 20.0 Å². The zero-order valence-corrected chi connectivity index (χ0v) is 21.8. The smallest absolute Gasteiger partial charge is 0.319 e. The standard InChI is InChI=1S/C28H32N6O3/c1-6-21(7-2)34-25-14-22(36-16-26-31-18(5)37-33-26)12-13-23(25)24(15-29)27(34)19-8-10-20(11-9-19)32-28(35)30-17(3)4/h8-14,17,21H,6-7,16H2,1-5H3,(H2,30,32,35). The lowest BCUT2D eigenvalue weighted by Gasteiger charge is -2.21. The Morgan fingerprint density at radius 1 is 1.16 bits per heavy atom. The summed E-state index contributed by atoms with van der Waals surface area (Å²) in [7, 11) is 0. The summed E-state index contributed by atoms with van der Waals surface area (Å²) >= 11 is 0. The van der Waals surface area contributed by atoms with Crippen LogP contribution in [0.3, 0.4) is 0 Å². The van der Waals surface area contributed by atoms with Crippen LogP contribution in [0.2, 0.25) is 0 Å². The topological polar surface area (TPSA) is 118 Å². The molecule has 2 amide bonds. The molecule has 0 fully saturated rings. The van der Waals surface area contributed by atoms with Crippen LogP contribution in [-0.2, 0) is 6.61 Å². The molecule has 37 heavy (non-hydrogen) atoms. The van der Waals surface area contributed by atoms with Crippen LogP contribution in [0.15, 0.2) is 47.0 Å². The monoisotopic (exact) mass is 500 g/mol. The Morgan fingerprint density at radius 3 is 2.49 bits per heavy atom. The van der Waals surface area contributed by atoms with E-state index in [0.29, 0.717) is 28.7 Å². The molecule has 0 spiro atoms. The van der Waals surface area contributed by atoms with Crippen molar-refractivity contribution in [1.29, 1.82) is 5.26 Å². The van der Waals surface area contributed by atoms with Gasteiger partial charge < -0.3 is 24.5 Å². The zero-order chi connectivity index (χ0) is 26.5. The molecule has 4 rings (SSSR count). The first-order chi connectivity index (χ1) is 17.8. The number of hydrogen-bond acceptors (Lipinski definition) is 6. The maximum Gasteiger partial charge on any atom is 0.319 e. The van der Waals surface area contributed by atoms with E-state index < -0.39 is 0 Å². The van der Waals surface area contributed by atoms with Gasteiger partial charge in [-0.3, -0.25) is 0 Å². The minimum atomic E-state index is -0.255. The van der Waals surface area contributed by atoms with Crippen LogP contribution in [0.4, 0.5) is 10.5 Å². The molecule has 4 aromatic rings. The number of nitriles is 1. The summed E-state index contributed by atoms with van der Waals surface area (Å²) in [6.07, 6.45) is 1.81. The number of nitrogens with zero attached hydrogens (tertiary/aromatic N) is 4. The zero-order valence-electron chi connectivity index (χ0n) is 21.8. The van der Waals surface area contributed by atoms with E-state index in [1.54, 1.807) is 6.92 Å². The van der Waals surface area contributed by atoms with Crippen LogP contribution in [0.25, 0.3) is 22.2 Å². The molecule has 192 valence electrons. The minimum Gasteiger partial charge on any atom is -0.485 e. The second-order valence-corrected chi connectivity index (χ2v) is 9.20. The summed E-state index contributed by atoms with van der Waals surface area (Å²) in [5.74, 6) is 1.62. The first-order valence-electron chi connectivity index (χ1n) is 12.5. The summed E-state index contributed by atoms with van der Waals surface area (Å²) in [4.78, 5) is 16.3. The van der Waals surface area contributed by atoms with E-state index in [1.165, 1.54) is 0 Å². The first kappa shape index (κ1) is 25.8. The number of urea groups is 1. The third kappa shape index (κ3) is 5.59. The van der Waals surface area contributed by atoms with E-state index in [0.717, 1.165) is 35.0 Å². The third-order valence-electron chi connectivity index (χ3n) is 6.17. The fourth-order valence-electron chi connectivity index (χ4n) is 4.50. The van der Waals surface area contributed by atoms with Gasteiger partial charge in [0.05, 0.1) is 16.8 Å². The molecule has 0 aliphatic heterocycles. The molecule has 0 unspecified atom stereocenters. The van der Waals surface area contributed by atoms with Gasteiger partial charge in [-0.2, -0.15) is 10.2 Å². The number of hydrogen-bond donors (Lipinski definition) is 2. The van der Waals surface area contributed by atoms with Crippen LogP contribution < -0.4 is 15.4 Å². The normalized spacial score (nSPS) is 11.2. The average Bonchev–Trinajstić information content (AvgIpc) is 3.44. The maximum absolute atomic E-state index is 12.1. The molecule has 0 saturated heterocycles. The Kier molecular flexibility index (Phi) is 7.77. The fourth-order valence-corrected chi connectivity index (χ4v) is 4.50. The molecule has 2 aromatic heterocycles. The van der Waals surface area contributed by atoms with Crippen molar-refractivity contribution in [2.75, 3.05) is 5.32 Å². The number of rotatable bonds is 9. The largest absolute Gasteiger partial charge is 0.485 e. The summed E-state index contributed by atoms with van der Waals surface area (Å²) in [5, 5.41) is 20.6. The van der Waals surface area contributed by atoms with Crippen LogP contribution in [0, 0.1) is 18.3 Å². The number of benzene rings is 2. The van der Waals surface area contributed by atoms with Gasteiger partial charge in [0.1, 0.15) is 11.8 Å². The molecule has 2 heterocycles. The fraction of sp³-hybridized carbons (Fsp3) is 0.357. The Morgan fingerprint density at radius 2 is 1.89 bits per heavy atom. The summed E-state index contributed by atoms with van der Waals surface area (Å²) in [5.41, 5.74) is 3.98. The number of fused-ring (bicyclic) bond motifs is 1. The highest BCUT2D eigenvalue weighted by Gasteiger charge is 2.23. The molecule has 0 aliphatic rings. The minimum absolute atomic E-state index is 0.0402. The van der Waals surface area contributed by atoms with Gasteiger partial charge in [-0.15, -0.1) is 0 Å². The number of amides is 2. The highest BCUT2D eigenvalue weighted by molar-refractivity contribution is 5.96. The molecular weight excluding hydrogens is 468 g/mol. The lowest BCUT2D eigenvalue weighted by atomic mass is 10.0. The Labute approximate surface area is 216 Å². The Bertz CT molecular complexity index is 1420. The van der Waals surface area contributed by atoms with Crippen LogP contribution in [-0.4, -0.2) is 26.8 Å². The molecule has 0 bridgehead atoms. The van der Waals surface area contributed by atoms with Crippen LogP contribution in [0.1, 0.15) is 63.9 Å². The van der Waals surface area contributed by atoms with Gasteiger partial charge in [0, 0.05) is 36.1 Å². The molecular formula is C28H32N6O3. The number of carbonyl (C=O) groups is 1. The number of anilines is 1. The molecule has 0 atom stereocenters. The summed E-state index contributed by atoms with van der Waals surface area (Å²) < 4.78 is 13.2. The molecule has 9 nitrogen and oxygen atoms in total. The second kappa shape index (κ2) is 11.2. The predicted molar refractivity (Wildman–Crippen MR) is 142 cm³/mol. The lowest BCUT2D eigenvalue weighted by Crippen LogP contribution is -2.34. The summed E-state index contributed by atoms with van der Waals surface area (Å²) in [6.45, 7) is 10.0. The highest BCUT2D eigenvalue weighted by Crippen LogP contribution is 2.39. The first-order valence-corrected chi connectivity index (χ1v) is 12.5. The SMILES string of the molecule is CCC(CC)n1c(-c2ccc(NC(=O)NC(C)C)cc2)c(C#N)c2ccc(OCc3noc(C)n3)cc21. The molecule has 2 N–H and O–H groups in total. The number of aryl methyl sites for hydroxylation is 1. The van der Waals surface area contributed by atoms with Gasteiger partial charge >= 0.3 is 6.03 Å². The van der Waals surface area contributed by atoms with Crippen molar-refractivity contribution in [3.63, 3.8) is 0 Å². The maximum atomic E-state index is 12.1. The van der Waals surface area contributed by atoms with Gasteiger partial charge in [-0.25, -0.2) is 4.79 Å². The van der Waals surface area contributed by atoms with E-state index in [2.05, 4.69) is 45.3 Å². The van der Waals surface area contributed by atoms with E-state index in [4.69, 9.17) is 9.26 Å². The van der Waals surface area contributed by atoms with Gasteiger partial charge in [-0.05, 0) is 56.5 Å². The molecule has 0 aliphatic carbocycles. The molecule has 0 radical (unpaired) electrons. The predicted octanol–water partition coefficient (Wildman–Crippen LogP) is 6.34. The van der Waals surface area contributed by atoms with Crippen molar-refractivity contribution in [3.8, 4) is 23.1 Å². The Hall–Kier alpha value is -4.32. The van der Waals surface area contributed by atoms with Crippen molar-refractivity contribution in [2.24, 2.45) is 0 Å². The molecule has 9 heteroatoms. The van der Waals surface area contributed by atoms with Gasteiger partial charge in [0.2, 0.25) is 11.7 Å². The van der Waals surface area contributed by atoms with Crippen LogP contribution >= 0.6 is 0 Å². The second-order valence-electron chi connectivity index (χ2n) is 9.20. The third-order valence-corrected chi connectivity index (χ3v) is 6.17. The van der Waals surface area contributed by atoms with Gasteiger partial charge in [0.15, 0.2) is 6.61 Å². The Balaban J connectivity index is 1.75. The number of carbonyl (C=O) groups excluding carboxylic acids is 1. The number of aromatic nitrogens is 3. The van der Waals surface area contributed by atoms with Gasteiger partial charge in [-0.1, -0.05) is 31.1 Å². The van der Waals surface area contributed by atoms with Crippen molar-refractivity contribution in [3.05, 3.63) is 59.7 Å². The van der Waals surface area contributed by atoms with E-state index in [9.17, 15) is 10.1 Å². The number of ether oxygens (including phenoxy) is 1. The lowest BCUT2D eigenvalue weighted by molar-refractivity contribution is 0.250. The molecule has 0 saturated carbocycles. The van der Waals surface area contributed by atoms with E-state index in [1.807, 2.05) is 56.3 Å². The van der Waals surface area contributed by atoms with Crippen molar-refractivity contribution < 1.29 is 14.1 Å². The summed E-state index contributed by atoms with van der Waals surface area (Å²) in [6, 6.07) is 15.7. The van der Waals surface area contributed by atoms with Crippen molar-refractivity contribution >= 4 is 22.6 Å².